The van der Waals surface area contributed by atoms with Crippen molar-refractivity contribution in [3.05, 3.63) is 0 Å². The van der Waals surface area contributed by atoms with Crippen LogP contribution in [0.3, 0.4) is 0 Å². The molecule has 0 bridgehead atoms. The molecule has 1 rings (SSSR count). The fourth-order valence-electron chi connectivity index (χ4n) is 1.26. The summed E-state index contributed by atoms with van der Waals surface area (Å²) in [5.74, 6) is 0. The average molecular weight is 182 g/mol. The minimum Gasteiger partial charge on any atom is -0.431 e. The van der Waals surface area contributed by atoms with E-state index in [1.807, 2.05) is 6.07 Å². The van der Waals surface area contributed by atoms with Gasteiger partial charge in [-0.1, -0.05) is 13.3 Å². The maximum Gasteiger partial charge on any atom is 0.411 e. The Kier molecular flexibility index (Phi) is 3.56. The van der Waals surface area contributed by atoms with Crippen LogP contribution >= 0.6 is 0 Å². The summed E-state index contributed by atoms with van der Waals surface area (Å²) < 4.78 is 4.87. The molecular formula is C9H14N2O2. The molecule has 0 aromatic heterocycles. The first kappa shape index (κ1) is 9.85. The van der Waals surface area contributed by atoms with Crippen molar-refractivity contribution in [2.24, 2.45) is 0 Å². The van der Waals surface area contributed by atoms with Crippen LogP contribution < -0.4 is 0 Å². The van der Waals surface area contributed by atoms with Gasteiger partial charge in [0.15, 0.2) is 6.10 Å². The van der Waals surface area contributed by atoms with E-state index in [0.29, 0.717) is 13.0 Å². The summed E-state index contributed by atoms with van der Waals surface area (Å²) >= 11 is 0. The molecule has 0 saturated carbocycles. The van der Waals surface area contributed by atoms with Gasteiger partial charge in [0.2, 0.25) is 0 Å². The van der Waals surface area contributed by atoms with Crippen molar-refractivity contribution in [1.29, 1.82) is 5.26 Å². The fraction of sp³-hybridized carbons (Fsp3) is 0.778. The van der Waals surface area contributed by atoms with Crippen molar-refractivity contribution in [3.8, 4) is 6.07 Å². The number of carbonyl (C=O) groups excluding carboxylic acids is 1. The highest BCUT2D eigenvalue weighted by atomic mass is 16.6. The van der Waals surface area contributed by atoms with Gasteiger partial charge in [0.05, 0.1) is 0 Å². The number of hydrogen-bond donors (Lipinski definition) is 0. The highest BCUT2D eigenvalue weighted by Crippen LogP contribution is 2.11. The third-order valence-corrected chi connectivity index (χ3v) is 2.09. The van der Waals surface area contributed by atoms with E-state index in [1.54, 1.807) is 4.90 Å². The molecule has 1 aliphatic rings. The number of nitrogens with zero attached hydrogens (tertiary/aromatic N) is 2. The van der Waals surface area contributed by atoms with Crippen molar-refractivity contribution in [3.63, 3.8) is 0 Å². The Morgan fingerprint density at radius 1 is 1.77 bits per heavy atom. The van der Waals surface area contributed by atoms with E-state index < -0.39 is 6.10 Å². The summed E-state index contributed by atoms with van der Waals surface area (Å²) in [4.78, 5) is 12.9. The maximum atomic E-state index is 11.2. The Morgan fingerprint density at radius 2 is 2.54 bits per heavy atom. The van der Waals surface area contributed by atoms with Crippen LogP contribution in [0.15, 0.2) is 0 Å². The molecule has 4 heteroatoms. The molecule has 0 radical (unpaired) electrons. The molecule has 4 nitrogen and oxygen atoms in total. The molecule has 0 aromatic carbocycles. The number of unbranched alkanes of at least 4 members (excludes halogenated alkanes) is 1. The van der Waals surface area contributed by atoms with Crippen LogP contribution in [-0.2, 0) is 4.74 Å². The topological polar surface area (TPSA) is 53.3 Å². The van der Waals surface area contributed by atoms with Gasteiger partial charge in [-0.15, -0.1) is 0 Å². The molecule has 13 heavy (non-hydrogen) atoms. The lowest BCUT2D eigenvalue weighted by Crippen LogP contribution is -2.41. The largest absolute Gasteiger partial charge is 0.431 e. The third kappa shape index (κ3) is 2.62. The summed E-state index contributed by atoms with van der Waals surface area (Å²) in [6.45, 7) is 3.47. The number of hydrogen-bond acceptors (Lipinski definition) is 3. The van der Waals surface area contributed by atoms with Gasteiger partial charge in [0.25, 0.3) is 0 Å². The second kappa shape index (κ2) is 4.70. The van der Waals surface area contributed by atoms with Crippen molar-refractivity contribution < 1.29 is 9.53 Å². The molecule has 0 aliphatic carbocycles. The van der Waals surface area contributed by atoms with Crippen LogP contribution in [0.5, 0.6) is 0 Å². The monoisotopic (exact) mass is 182 g/mol. The van der Waals surface area contributed by atoms with Gasteiger partial charge in [-0.25, -0.2) is 4.79 Å². The van der Waals surface area contributed by atoms with Gasteiger partial charge >= 0.3 is 6.09 Å². The molecule has 1 amide bonds. The van der Waals surface area contributed by atoms with Crippen molar-refractivity contribution in [2.75, 3.05) is 13.1 Å². The molecule has 1 unspecified atom stereocenters. The number of rotatable bonds is 3. The van der Waals surface area contributed by atoms with Crippen LogP contribution in [0.1, 0.15) is 26.2 Å². The zero-order valence-electron chi connectivity index (χ0n) is 7.82. The zero-order chi connectivity index (χ0) is 9.68. The van der Waals surface area contributed by atoms with E-state index >= 15 is 0 Å². The first-order chi connectivity index (χ1) is 6.27. The van der Waals surface area contributed by atoms with E-state index in [1.165, 1.54) is 0 Å². The molecule has 1 saturated heterocycles. The smallest absolute Gasteiger partial charge is 0.411 e. The first-order valence-corrected chi connectivity index (χ1v) is 4.63. The average Bonchev–Trinajstić information content (AvgIpc) is 2.16. The summed E-state index contributed by atoms with van der Waals surface area (Å²) in [5, 5.41) is 8.53. The standard InChI is InChI=1S/C9H14N2O2/c1-2-3-5-11-6-4-8(7-10)13-9(11)12/h8H,2-6H2,1H3. The summed E-state index contributed by atoms with van der Waals surface area (Å²) in [7, 11) is 0. The first-order valence-electron chi connectivity index (χ1n) is 4.63. The Balaban J connectivity index is 2.36. The molecule has 0 N–H and O–H groups in total. The number of nitriles is 1. The molecule has 1 heterocycles. The van der Waals surface area contributed by atoms with Gasteiger partial charge < -0.3 is 9.64 Å². The van der Waals surface area contributed by atoms with Crippen LogP contribution in [0, 0.1) is 11.3 Å². The molecule has 1 fully saturated rings. The third-order valence-electron chi connectivity index (χ3n) is 2.09. The molecule has 1 aliphatic heterocycles. The van der Waals surface area contributed by atoms with Crippen LogP contribution in [0.2, 0.25) is 0 Å². The van der Waals surface area contributed by atoms with Crippen LogP contribution in [0.25, 0.3) is 0 Å². The zero-order valence-corrected chi connectivity index (χ0v) is 7.82. The van der Waals surface area contributed by atoms with Crippen molar-refractivity contribution in [1.82, 2.24) is 4.90 Å². The van der Waals surface area contributed by atoms with Gasteiger partial charge in [-0.2, -0.15) is 5.26 Å². The minimum atomic E-state index is -0.537. The van der Waals surface area contributed by atoms with E-state index in [4.69, 9.17) is 10.00 Å². The lowest BCUT2D eigenvalue weighted by atomic mass is 10.2. The second-order valence-electron chi connectivity index (χ2n) is 3.13. The molecule has 0 aromatic rings. The summed E-state index contributed by atoms with van der Waals surface area (Å²) in [5.41, 5.74) is 0. The van der Waals surface area contributed by atoms with Crippen molar-refractivity contribution in [2.45, 2.75) is 32.3 Å². The highest BCUT2D eigenvalue weighted by Gasteiger charge is 2.25. The Bertz CT molecular complexity index is 222. The van der Waals surface area contributed by atoms with E-state index in [-0.39, 0.29) is 6.09 Å². The SMILES string of the molecule is CCCCN1CCC(C#N)OC1=O. The lowest BCUT2D eigenvalue weighted by Gasteiger charge is -2.28. The van der Waals surface area contributed by atoms with Gasteiger partial charge in [-0.05, 0) is 6.42 Å². The number of carbonyl (C=O) groups is 1. The molecule has 0 spiro atoms. The Labute approximate surface area is 78.1 Å². The van der Waals surface area contributed by atoms with Crippen LogP contribution in [-0.4, -0.2) is 30.2 Å². The minimum absolute atomic E-state index is 0.341. The van der Waals surface area contributed by atoms with E-state index in [0.717, 1.165) is 19.4 Å². The molecule has 72 valence electrons. The summed E-state index contributed by atoms with van der Waals surface area (Å²) in [6.07, 6.45) is 1.81. The van der Waals surface area contributed by atoms with E-state index in [2.05, 4.69) is 6.92 Å². The number of cyclic esters (lactones) is 1. The maximum absolute atomic E-state index is 11.2. The van der Waals surface area contributed by atoms with Crippen molar-refractivity contribution >= 4 is 6.09 Å². The number of amides is 1. The lowest BCUT2D eigenvalue weighted by molar-refractivity contribution is 0.0472. The predicted molar refractivity (Wildman–Crippen MR) is 47.0 cm³/mol. The molecule has 1 atom stereocenters. The highest BCUT2D eigenvalue weighted by molar-refractivity contribution is 5.68. The summed E-state index contributed by atoms with van der Waals surface area (Å²) in [6, 6.07) is 1.94. The predicted octanol–water partition coefficient (Wildman–Crippen LogP) is 1.52. The molecular weight excluding hydrogens is 168 g/mol. The fourth-order valence-corrected chi connectivity index (χ4v) is 1.26. The van der Waals surface area contributed by atoms with Crippen LogP contribution in [0.4, 0.5) is 4.79 Å². The van der Waals surface area contributed by atoms with Gasteiger partial charge in [-0.3, -0.25) is 0 Å². The van der Waals surface area contributed by atoms with Gasteiger partial charge in [0, 0.05) is 19.5 Å². The Morgan fingerprint density at radius 3 is 3.08 bits per heavy atom. The van der Waals surface area contributed by atoms with E-state index in [9.17, 15) is 4.79 Å². The quantitative estimate of drug-likeness (QED) is 0.665. The normalized spacial score (nSPS) is 22.3. The Hall–Kier alpha value is -1.24. The number of ether oxygens (including phenoxy) is 1. The second-order valence-corrected chi connectivity index (χ2v) is 3.13. The van der Waals surface area contributed by atoms with Gasteiger partial charge in [0.1, 0.15) is 6.07 Å².